The van der Waals surface area contributed by atoms with Crippen LogP contribution in [0.2, 0.25) is 0 Å². The Bertz CT molecular complexity index is 587. The fourth-order valence-corrected chi connectivity index (χ4v) is 4.35. The fraction of sp³-hybridized carbons (Fsp3) is 0.727. The maximum atomic E-state index is 12.5. The number of hydrogen-bond donors (Lipinski definition) is 1. The summed E-state index contributed by atoms with van der Waals surface area (Å²) in [4.78, 5) is 21.7. The van der Waals surface area contributed by atoms with E-state index in [0.29, 0.717) is 19.2 Å². The van der Waals surface area contributed by atoms with Gasteiger partial charge in [0.15, 0.2) is 0 Å². The van der Waals surface area contributed by atoms with Crippen molar-refractivity contribution in [1.82, 2.24) is 20.1 Å². The average molecular weight is 389 g/mol. The minimum atomic E-state index is 0.127. The first-order chi connectivity index (χ1) is 13.6. The zero-order valence-corrected chi connectivity index (χ0v) is 17.5. The van der Waals surface area contributed by atoms with Gasteiger partial charge in [-0.15, -0.1) is 0 Å². The third-order valence-corrected chi connectivity index (χ3v) is 5.91. The van der Waals surface area contributed by atoms with E-state index in [9.17, 15) is 4.79 Å². The lowest BCUT2D eigenvalue weighted by Crippen LogP contribution is -2.50. The Morgan fingerprint density at radius 3 is 2.68 bits per heavy atom. The maximum Gasteiger partial charge on any atom is 0.224 e. The van der Waals surface area contributed by atoms with Crippen LogP contribution in [-0.4, -0.2) is 72.2 Å². The Labute approximate surface area is 169 Å². The summed E-state index contributed by atoms with van der Waals surface area (Å²) in [5.41, 5.74) is 1.34. The Morgan fingerprint density at radius 1 is 1.21 bits per heavy atom. The summed E-state index contributed by atoms with van der Waals surface area (Å²) in [7, 11) is 0. The topological polar surface area (TPSA) is 57.7 Å². The number of carbonyl (C=O) groups excluding carboxylic acids is 1. The Morgan fingerprint density at radius 2 is 1.96 bits per heavy atom. The predicted octanol–water partition coefficient (Wildman–Crippen LogP) is 2.30. The second-order valence-corrected chi connectivity index (χ2v) is 8.41. The van der Waals surface area contributed by atoms with E-state index >= 15 is 0 Å². The van der Waals surface area contributed by atoms with Crippen molar-refractivity contribution in [3.05, 3.63) is 30.1 Å². The summed E-state index contributed by atoms with van der Waals surface area (Å²) in [5.74, 6) is 0.329. The number of piperidine rings is 2. The van der Waals surface area contributed by atoms with E-state index < -0.39 is 0 Å². The minimum Gasteiger partial charge on any atom is -0.377 e. The van der Waals surface area contributed by atoms with Crippen molar-refractivity contribution in [2.75, 3.05) is 39.3 Å². The van der Waals surface area contributed by atoms with Crippen molar-refractivity contribution in [3.63, 3.8) is 0 Å². The van der Waals surface area contributed by atoms with E-state index in [2.05, 4.69) is 32.2 Å². The lowest BCUT2D eigenvalue weighted by Gasteiger charge is -2.42. The summed E-state index contributed by atoms with van der Waals surface area (Å²) in [5, 5.41) is 3.06. The van der Waals surface area contributed by atoms with Crippen LogP contribution in [0.1, 0.15) is 45.1 Å². The standard InChI is InChI=1S/C22H36N4O2/c1-18(2)28-15-11-24-22(27)20-4-3-12-26(17-20)21-7-13-25(14-8-21)16-19-5-9-23-10-6-19/h5-6,9-10,18,20-21H,3-4,7-8,11-17H2,1-2H3,(H,24,27)/t20-/m0/s1. The number of rotatable bonds is 8. The van der Waals surface area contributed by atoms with Crippen molar-refractivity contribution in [3.8, 4) is 0 Å². The fourth-order valence-electron chi connectivity index (χ4n) is 4.35. The van der Waals surface area contributed by atoms with Crippen LogP contribution in [0, 0.1) is 5.92 Å². The number of nitrogens with one attached hydrogen (secondary N) is 1. The molecule has 1 N–H and O–H groups in total. The van der Waals surface area contributed by atoms with Gasteiger partial charge >= 0.3 is 0 Å². The summed E-state index contributed by atoms with van der Waals surface area (Å²) >= 11 is 0. The van der Waals surface area contributed by atoms with Gasteiger partial charge in [0, 0.05) is 38.1 Å². The molecule has 0 aromatic carbocycles. The third-order valence-electron chi connectivity index (χ3n) is 5.91. The minimum absolute atomic E-state index is 0.127. The maximum absolute atomic E-state index is 12.5. The number of hydrogen-bond acceptors (Lipinski definition) is 5. The number of pyridine rings is 1. The first-order valence-electron chi connectivity index (χ1n) is 10.9. The van der Waals surface area contributed by atoms with Gasteiger partial charge in [0.1, 0.15) is 0 Å². The van der Waals surface area contributed by atoms with Gasteiger partial charge in [0.2, 0.25) is 5.91 Å². The zero-order valence-electron chi connectivity index (χ0n) is 17.5. The summed E-state index contributed by atoms with van der Waals surface area (Å²) in [6.45, 7) is 10.6. The van der Waals surface area contributed by atoms with Crippen molar-refractivity contribution in [2.45, 2.75) is 58.2 Å². The molecule has 0 unspecified atom stereocenters. The summed E-state index contributed by atoms with van der Waals surface area (Å²) in [6.07, 6.45) is 8.48. The van der Waals surface area contributed by atoms with Crippen LogP contribution in [-0.2, 0) is 16.1 Å². The molecule has 0 spiro atoms. The van der Waals surface area contributed by atoms with Gasteiger partial charge in [0.05, 0.1) is 18.6 Å². The Hall–Kier alpha value is -1.50. The molecule has 2 aliphatic heterocycles. The van der Waals surface area contributed by atoms with E-state index in [-0.39, 0.29) is 17.9 Å². The Balaban J connectivity index is 1.39. The van der Waals surface area contributed by atoms with E-state index in [1.165, 1.54) is 18.4 Å². The van der Waals surface area contributed by atoms with E-state index in [1.807, 2.05) is 26.2 Å². The number of amides is 1. The molecule has 2 saturated heterocycles. The molecular formula is C22H36N4O2. The van der Waals surface area contributed by atoms with Crippen LogP contribution in [0.4, 0.5) is 0 Å². The number of ether oxygens (including phenoxy) is 1. The summed E-state index contributed by atoms with van der Waals surface area (Å²) < 4.78 is 5.52. The molecule has 0 bridgehead atoms. The number of aromatic nitrogens is 1. The van der Waals surface area contributed by atoms with Crippen molar-refractivity contribution >= 4 is 5.91 Å². The molecule has 2 aliphatic rings. The van der Waals surface area contributed by atoms with Crippen LogP contribution in [0.5, 0.6) is 0 Å². The van der Waals surface area contributed by atoms with Crippen molar-refractivity contribution in [1.29, 1.82) is 0 Å². The molecule has 28 heavy (non-hydrogen) atoms. The smallest absolute Gasteiger partial charge is 0.224 e. The predicted molar refractivity (Wildman–Crippen MR) is 111 cm³/mol. The van der Waals surface area contributed by atoms with Gasteiger partial charge in [-0.2, -0.15) is 0 Å². The molecule has 2 fully saturated rings. The Kier molecular flexibility index (Phi) is 8.25. The normalized spacial score (nSPS) is 22.5. The number of likely N-dealkylation sites (tertiary alicyclic amines) is 2. The van der Waals surface area contributed by atoms with Gasteiger partial charge in [-0.3, -0.25) is 19.6 Å². The van der Waals surface area contributed by atoms with Gasteiger partial charge < -0.3 is 10.1 Å². The van der Waals surface area contributed by atoms with Crippen molar-refractivity contribution in [2.24, 2.45) is 5.92 Å². The van der Waals surface area contributed by atoms with Crippen LogP contribution >= 0.6 is 0 Å². The van der Waals surface area contributed by atoms with Crippen molar-refractivity contribution < 1.29 is 9.53 Å². The molecule has 1 amide bonds. The van der Waals surface area contributed by atoms with E-state index in [4.69, 9.17) is 4.74 Å². The monoisotopic (exact) mass is 388 g/mol. The first-order valence-corrected chi connectivity index (χ1v) is 10.9. The lowest BCUT2D eigenvalue weighted by atomic mass is 9.93. The van der Waals surface area contributed by atoms with Gasteiger partial charge in [-0.05, 0) is 76.9 Å². The third kappa shape index (κ3) is 6.54. The molecule has 6 nitrogen and oxygen atoms in total. The zero-order chi connectivity index (χ0) is 19.8. The van der Waals surface area contributed by atoms with Gasteiger partial charge in [-0.1, -0.05) is 0 Å². The highest BCUT2D eigenvalue weighted by Gasteiger charge is 2.31. The molecule has 6 heteroatoms. The number of carbonyl (C=O) groups is 1. The second-order valence-electron chi connectivity index (χ2n) is 8.41. The second kappa shape index (κ2) is 10.9. The van der Waals surface area contributed by atoms with Crippen LogP contribution in [0.15, 0.2) is 24.5 Å². The lowest BCUT2D eigenvalue weighted by molar-refractivity contribution is -0.127. The first kappa shape index (κ1) is 21.2. The van der Waals surface area contributed by atoms with Crippen LogP contribution in [0.3, 0.4) is 0 Å². The molecule has 0 saturated carbocycles. The SMILES string of the molecule is CC(C)OCCNC(=O)[C@H]1CCCN(C2CCN(Cc3ccncc3)CC2)C1. The van der Waals surface area contributed by atoms with Crippen LogP contribution < -0.4 is 5.32 Å². The molecule has 0 aliphatic carbocycles. The van der Waals surface area contributed by atoms with Crippen LogP contribution in [0.25, 0.3) is 0 Å². The molecule has 0 radical (unpaired) electrons. The molecule has 1 atom stereocenters. The molecular weight excluding hydrogens is 352 g/mol. The molecule has 1 aromatic rings. The van der Waals surface area contributed by atoms with E-state index in [1.54, 1.807) is 0 Å². The van der Waals surface area contributed by atoms with E-state index in [0.717, 1.165) is 45.6 Å². The largest absolute Gasteiger partial charge is 0.377 e. The molecule has 3 heterocycles. The average Bonchev–Trinajstić information content (AvgIpc) is 2.72. The molecule has 1 aromatic heterocycles. The quantitative estimate of drug-likeness (QED) is 0.693. The van der Waals surface area contributed by atoms with Gasteiger partial charge in [-0.25, -0.2) is 0 Å². The highest BCUT2D eigenvalue weighted by Crippen LogP contribution is 2.24. The molecule has 156 valence electrons. The highest BCUT2D eigenvalue weighted by atomic mass is 16.5. The number of nitrogens with zero attached hydrogens (tertiary/aromatic N) is 3. The van der Waals surface area contributed by atoms with Gasteiger partial charge in [0.25, 0.3) is 0 Å². The highest BCUT2D eigenvalue weighted by molar-refractivity contribution is 5.78. The summed E-state index contributed by atoms with van der Waals surface area (Å²) in [6, 6.07) is 4.83. The molecule has 3 rings (SSSR count).